The fourth-order valence-corrected chi connectivity index (χ4v) is 2.78. The lowest BCUT2D eigenvalue weighted by atomic mass is 10.1. The average molecular weight is 411 g/mol. The molecule has 0 aliphatic heterocycles. The summed E-state index contributed by atoms with van der Waals surface area (Å²) in [4.78, 5) is 25.1. The third-order valence-electron chi connectivity index (χ3n) is 4.56. The Bertz CT molecular complexity index is 831. The van der Waals surface area contributed by atoms with Gasteiger partial charge in [0.05, 0.1) is 18.5 Å². The molecule has 1 N–H and O–H groups in total. The van der Waals surface area contributed by atoms with Gasteiger partial charge in [-0.05, 0) is 61.4 Å². The van der Waals surface area contributed by atoms with Crippen LogP contribution in [-0.4, -0.2) is 33.1 Å². The summed E-state index contributed by atoms with van der Waals surface area (Å²) in [6, 6.07) is 15.1. The molecule has 0 saturated carbocycles. The van der Waals surface area contributed by atoms with Crippen LogP contribution in [0, 0.1) is 0 Å². The Labute approximate surface area is 178 Å². The minimum atomic E-state index is -0.182. The molecule has 2 aromatic carbocycles. The Kier molecular flexibility index (Phi) is 9.51. The lowest BCUT2D eigenvalue weighted by Crippen LogP contribution is -2.10. The number of nitrogens with one attached hydrogen (secondary N) is 1. The number of esters is 1. The van der Waals surface area contributed by atoms with E-state index in [0.29, 0.717) is 12.8 Å². The fourth-order valence-electron chi connectivity index (χ4n) is 2.78. The van der Waals surface area contributed by atoms with E-state index in [1.807, 2.05) is 67.5 Å². The van der Waals surface area contributed by atoms with Gasteiger partial charge in [0, 0.05) is 38.3 Å². The molecule has 7 heteroatoms. The second-order valence-electron chi connectivity index (χ2n) is 7.20. The predicted octanol–water partition coefficient (Wildman–Crippen LogP) is 5.62. The molecule has 0 atom stereocenters. The number of amides is 1. The largest absolute Gasteiger partial charge is 0.469 e. The average Bonchev–Trinajstić information content (AvgIpc) is 2.75. The lowest BCUT2D eigenvalue weighted by Gasteiger charge is -2.11. The minimum absolute atomic E-state index is 0.0154. The number of hydrogen-bond acceptors (Lipinski definition) is 6. The quantitative estimate of drug-likeness (QED) is 0.296. The van der Waals surface area contributed by atoms with E-state index in [4.69, 9.17) is 0 Å². The number of azo groups is 1. The van der Waals surface area contributed by atoms with Crippen LogP contribution in [-0.2, 0) is 14.3 Å². The van der Waals surface area contributed by atoms with E-state index in [1.165, 1.54) is 7.11 Å². The van der Waals surface area contributed by atoms with Crippen LogP contribution in [0.25, 0.3) is 0 Å². The van der Waals surface area contributed by atoms with Crippen molar-refractivity contribution < 1.29 is 14.3 Å². The van der Waals surface area contributed by atoms with Crippen LogP contribution in [0.1, 0.15) is 38.5 Å². The molecule has 2 rings (SSSR count). The molecule has 0 spiro atoms. The second-order valence-corrected chi connectivity index (χ2v) is 7.20. The van der Waals surface area contributed by atoms with E-state index in [-0.39, 0.29) is 11.9 Å². The first-order chi connectivity index (χ1) is 14.5. The minimum Gasteiger partial charge on any atom is -0.469 e. The molecule has 7 nitrogen and oxygen atoms in total. The smallest absolute Gasteiger partial charge is 0.305 e. The molecule has 0 aliphatic rings. The van der Waals surface area contributed by atoms with Crippen LogP contribution < -0.4 is 10.2 Å². The van der Waals surface area contributed by atoms with Gasteiger partial charge < -0.3 is 15.0 Å². The normalized spacial score (nSPS) is 10.8. The van der Waals surface area contributed by atoms with E-state index in [2.05, 4.69) is 20.3 Å². The monoisotopic (exact) mass is 410 g/mol. The van der Waals surface area contributed by atoms with Gasteiger partial charge >= 0.3 is 5.97 Å². The first-order valence-electron chi connectivity index (χ1n) is 10.1. The molecule has 0 heterocycles. The van der Waals surface area contributed by atoms with Crippen molar-refractivity contribution in [2.24, 2.45) is 10.2 Å². The highest BCUT2D eigenvalue weighted by Crippen LogP contribution is 2.22. The molecule has 1 amide bonds. The van der Waals surface area contributed by atoms with Crippen LogP contribution >= 0.6 is 0 Å². The van der Waals surface area contributed by atoms with Crippen molar-refractivity contribution in [3.8, 4) is 0 Å². The van der Waals surface area contributed by atoms with Gasteiger partial charge in [-0.1, -0.05) is 12.8 Å². The van der Waals surface area contributed by atoms with Crippen molar-refractivity contribution in [3.63, 3.8) is 0 Å². The van der Waals surface area contributed by atoms with E-state index in [9.17, 15) is 9.59 Å². The van der Waals surface area contributed by atoms with Gasteiger partial charge in [0.2, 0.25) is 5.91 Å². The zero-order valence-corrected chi connectivity index (χ0v) is 17.9. The number of ether oxygens (including phenoxy) is 1. The highest BCUT2D eigenvalue weighted by atomic mass is 16.5. The van der Waals surface area contributed by atoms with Gasteiger partial charge in [-0.2, -0.15) is 10.2 Å². The van der Waals surface area contributed by atoms with Crippen molar-refractivity contribution in [1.82, 2.24) is 0 Å². The number of nitrogens with zero attached hydrogens (tertiary/aromatic N) is 3. The van der Waals surface area contributed by atoms with Crippen molar-refractivity contribution in [2.45, 2.75) is 38.5 Å². The van der Waals surface area contributed by atoms with Crippen LogP contribution in [0.15, 0.2) is 58.8 Å². The third-order valence-corrected chi connectivity index (χ3v) is 4.56. The maximum Gasteiger partial charge on any atom is 0.305 e. The summed E-state index contributed by atoms with van der Waals surface area (Å²) in [5.41, 5.74) is 3.34. The number of methoxy groups -OCH3 is 1. The number of carbonyl (C=O) groups is 2. The van der Waals surface area contributed by atoms with E-state index < -0.39 is 0 Å². The summed E-state index contributed by atoms with van der Waals surface area (Å²) in [7, 11) is 5.38. The Balaban J connectivity index is 1.72. The van der Waals surface area contributed by atoms with E-state index >= 15 is 0 Å². The summed E-state index contributed by atoms with van der Waals surface area (Å²) in [6.45, 7) is 0. The maximum absolute atomic E-state index is 12.0. The van der Waals surface area contributed by atoms with E-state index in [1.54, 1.807) is 0 Å². The summed E-state index contributed by atoms with van der Waals surface area (Å²) >= 11 is 0. The number of benzene rings is 2. The number of unbranched alkanes of at least 4 members (excludes halogenated alkanes) is 3. The van der Waals surface area contributed by atoms with Crippen LogP contribution in [0.5, 0.6) is 0 Å². The number of hydrogen-bond donors (Lipinski definition) is 1. The maximum atomic E-state index is 12.0. The van der Waals surface area contributed by atoms with Crippen molar-refractivity contribution in [1.29, 1.82) is 0 Å². The van der Waals surface area contributed by atoms with Gasteiger partial charge in [0.25, 0.3) is 0 Å². The lowest BCUT2D eigenvalue weighted by molar-refractivity contribution is -0.140. The van der Waals surface area contributed by atoms with Gasteiger partial charge in [-0.15, -0.1) is 0 Å². The molecule has 0 aliphatic carbocycles. The highest BCUT2D eigenvalue weighted by Gasteiger charge is 2.04. The van der Waals surface area contributed by atoms with Gasteiger partial charge in [-0.25, -0.2) is 0 Å². The van der Waals surface area contributed by atoms with Crippen LogP contribution in [0.4, 0.5) is 22.7 Å². The van der Waals surface area contributed by atoms with E-state index in [0.717, 1.165) is 48.4 Å². The molecule has 2 aromatic rings. The number of anilines is 2. The van der Waals surface area contributed by atoms with Crippen molar-refractivity contribution >= 4 is 34.6 Å². The summed E-state index contributed by atoms with van der Waals surface area (Å²) in [6.07, 6.45) is 4.33. The standard InChI is InChI=1S/C23H30N4O3/c1-27(2)21-16-14-20(15-17-21)26-25-19-12-10-18(11-13-19)24-22(28)8-6-4-5-7-9-23(29)30-3/h10-17H,4-9H2,1-3H3,(H,24,28). The molecular formula is C23H30N4O3. The number of carbonyl (C=O) groups excluding carboxylic acids is 2. The molecule has 0 saturated heterocycles. The van der Waals surface area contributed by atoms with Crippen molar-refractivity contribution in [2.75, 3.05) is 31.4 Å². The predicted molar refractivity (Wildman–Crippen MR) is 120 cm³/mol. The zero-order valence-electron chi connectivity index (χ0n) is 17.9. The summed E-state index contributed by atoms with van der Waals surface area (Å²) in [5.74, 6) is -0.198. The SMILES string of the molecule is COC(=O)CCCCCCC(=O)Nc1ccc(N=Nc2ccc(N(C)C)cc2)cc1. The molecule has 0 unspecified atom stereocenters. The molecular weight excluding hydrogens is 380 g/mol. The zero-order chi connectivity index (χ0) is 21.8. The van der Waals surface area contributed by atoms with Gasteiger partial charge in [0.15, 0.2) is 0 Å². The Morgan fingerprint density at radius 2 is 1.37 bits per heavy atom. The third kappa shape index (κ3) is 8.43. The first kappa shape index (κ1) is 23.1. The number of rotatable bonds is 11. The molecule has 0 radical (unpaired) electrons. The van der Waals surface area contributed by atoms with Crippen LogP contribution in [0.2, 0.25) is 0 Å². The van der Waals surface area contributed by atoms with Crippen LogP contribution in [0.3, 0.4) is 0 Å². The molecule has 0 aromatic heterocycles. The molecule has 0 bridgehead atoms. The van der Waals surface area contributed by atoms with Crippen molar-refractivity contribution in [3.05, 3.63) is 48.5 Å². The molecule has 30 heavy (non-hydrogen) atoms. The fraction of sp³-hybridized carbons (Fsp3) is 0.391. The van der Waals surface area contributed by atoms with Gasteiger partial charge in [-0.3, -0.25) is 9.59 Å². The Morgan fingerprint density at radius 1 is 0.833 bits per heavy atom. The molecule has 0 fully saturated rings. The molecule has 160 valence electrons. The Morgan fingerprint density at radius 3 is 1.90 bits per heavy atom. The topological polar surface area (TPSA) is 83.4 Å². The summed E-state index contributed by atoms with van der Waals surface area (Å²) < 4.78 is 4.60. The second kappa shape index (κ2) is 12.4. The summed E-state index contributed by atoms with van der Waals surface area (Å²) in [5, 5.41) is 11.4. The Hall–Kier alpha value is -3.22. The van der Waals surface area contributed by atoms with Gasteiger partial charge in [0.1, 0.15) is 0 Å². The highest BCUT2D eigenvalue weighted by molar-refractivity contribution is 5.90. The first-order valence-corrected chi connectivity index (χ1v) is 10.1.